The van der Waals surface area contributed by atoms with Crippen LogP contribution < -0.4 is 15.4 Å². The Morgan fingerprint density at radius 3 is 2.77 bits per heavy atom. The van der Waals surface area contributed by atoms with Crippen LogP contribution in [0.1, 0.15) is 13.3 Å². The van der Waals surface area contributed by atoms with E-state index in [9.17, 15) is 18.0 Å². The predicted octanol–water partition coefficient (Wildman–Crippen LogP) is 0.940. The number of hydrogen-bond donors (Lipinski definition) is 2. The summed E-state index contributed by atoms with van der Waals surface area (Å²) >= 11 is 5.96. The monoisotopic (exact) mass is 345 g/mol. The molecule has 1 atom stereocenters. The van der Waals surface area contributed by atoms with Crippen molar-refractivity contribution in [1.29, 1.82) is 0 Å². The van der Waals surface area contributed by atoms with E-state index in [4.69, 9.17) is 16.7 Å². The van der Waals surface area contributed by atoms with Crippen LogP contribution in [0.4, 0.5) is 11.4 Å². The number of nitrogens with two attached hydrogens (primary N) is 1. The lowest BCUT2D eigenvalue weighted by Gasteiger charge is -2.20. The third-order valence-electron chi connectivity index (χ3n) is 3.23. The van der Waals surface area contributed by atoms with Crippen molar-refractivity contribution in [2.45, 2.75) is 13.3 Å². The second kappa shape index (κ2) is 6.23. The molecule has 1 aromatic carbocycles. The summed E-state index contributed by atoms with van der Waals surface area (Å²) in [4.78, 5) is 24.8. The van der Waals surface area contributed by atoms with Gasteiger partial charge >= 0.3 is 0 Å². The zero-order valence-electron chi connectivity index (χ0n) is 11.9. The van der Waals surface area contributed by atoms with Gasteiger partial charge in [0.2, 0.25) is 21.8 Å². The SMILES string of the molecule is CC(=O)Nc1ccc(Cl)cc1N1CC(CS(N)(=O)=O)CC1=O. The van der Waals surface area contributed by atoms with Crippen molar-refractivity contribution >= 4 is 44.8 Å². The molecule has 0 radical (unpaired) electrons. The van der Waals surface area contributed by atoms with Crippen LogP contribution in [-0.4, -0.2) is 32.5 Å². The average molecular weight is 346 g/mol. The molecular formula is C13H16ClN3O4S. The van der Waals surface area contributed by atoms with Gasteiger partial charge in [-0.1, -0.05) is 11.6 Å². The van der Waals surface area contributed by atoms with Gasteiger partial charge in [0.05, 0.1) is 17.1 Å². The molecule has 1 saturated heterocycles. The summed E-state index contributed by atoms with van der Waals surface area (Å²) in [5.74, 6) is -1.16. The van der Waals surface area contributed by atoms with Crippen LogP contribution in [-0.2, 0) is 19.6 Å². The Kier molecular flexibility index (Phi) is 4.74. The van der Waals surface area contributed by atoms with Crippen molar-refractivity contribution < 1.29 is 18.0 Å². The number of anilines is 2. The van der Waals surface area contributed by atoms with Crippen molar-refractivity contribution in [2.75, 3.05) is 22.5 Å². The number of sulfonamides is 1. The normalized spacial score (nSPS) is 18.6. The summed E-state index contributed by atoms with van der Waals surface area (Å²) in [6, 6.07) is 4.75. The Hall–Kier alpha value is -1.64. The van der Waals surface area contributed by atoms with Crippen LogP contribution >= 0.6 is 11.6 Å². The van der Waals surface area contributed by atoms with Crippen LogP contribution in [0.25, 0.3) is 0 Å². The zero-order chi connectivity index (χ0) is 16.5. The number of rotatable bonds is 4. The largest absolute Gasteiger partial charge is 0.325 e. The van der Waals surface area contributed by atoms with Gasteiger partial charge < -0.3 is 10.2 Å². The molecule has 0 saturated carbocycles. The number of nitrogens with one attached hydrogen (secondary N) is 1. The average Bonchev–Trinajstić information content (AvgIpc) is 2.69. The van der Waals surface area contributed by atoms with E-state index in [-0.39, 0.29) is 36.5 Å². The maximum absolute atomic E-state index is 12.2. The molecular weight excluding hydrogens is 330 g/mol. The Labute approximate surface area is 133 Å². The number of primary sulfonamides is 1. The van der Waals surface area contributed by atoms with Crippen LogP contribution in [0.2, 0.25) is 5.02 Å². The van der Waals surface area contributed by atoms with Crippen molar-refractivity contribution in [2.24, 2.45) is 11.1 Å². The molecule has 1 aromatic rings. The van der Waals surface area contributed by atoms with E-state index in [0.29, 0.717) is 16.4 Å². The van der Waals surface area contributed by atoms with Gasteiger partial charge in [0.1, 0.15) is 0 Å². The molecule has 0 aromatic heterocycles. The molecule has 2 amide bonds. The second-order valence-electron chi connectivity index (χ2n) is 5.25. The molecule has 7 nitrogen and oxygen atoms in total. The maximum atomic E-state index is 12.2. The predicted molar refractivity (Wildman–Crippen MR) is 84.2 cm³/mol. The Balaban J connectivity index is 2.29. The van der Waals surface area contributed by atoms with Crippen molar-refractivity contribution in [3.05, 3.63) is 23.2 Å². The maximum Gasteiger partial charge on any atom is 0.227 e. The smallest absolute Gasteiger partial charge is 0.227 e. The van der Waals surface area contributed by atoms with Gasteiger partial charge in [-0.3, -0.25) is 9.59 Å². The first-order chi connectivity index (χ1) is 10.2. The first-order valence-electron chi connectivity index (χ1n) is 6.53. The fourth-order valence-corrected chi connectivity index (χ4v) is 3.52. The van der Waals surface area contributed by atoms with E-state index in [1.165, 1.54) is 11.8 Å². The van der Waals surface area contributed by atoms with Gasteiger partial charge in [-0.05, 0) is 18.2 Å². The lowest BCUT2D eigenvalue weighted by molar-refractivity contribution is -0.117. The highest BCUT2D eigenvalue weighted by atomic mass is 35.5. The zero-order valence-corrected chi connectivity index (χ0v) is 13.4. The van der Waals surface area contributed by atoms with Gasteiger partial charge in [-0.25, -0.2) is 13.6 Å². The lowest BCUT2D eigenvalue weighted by Crippen LogP contribution is -2.28. The van der Waals surface area contributed by atoms with E-state index in [1.54, 1.807) is 18.2 Å². The number of benzene rings is 1. The van der Waals surface area contributed by atoms with Crippen molar-refractivity contribution in [3.8, 4) is 0 Å². The molecule has 120 valence electrons. The van der Waals surface area contributed by atoms with Crippen LogP contribution in [0.5, 0.6) is 0 Å². The summed E-state index contributed by atoms with van der Waals surface area (Å²) in [6.45, 7) is 1.57. The van der Waals surface area contributed by atoms with Gasteiger partial charge in [-0.15, -0.1) is 0 Å². The minimum Gasteiger partial charge on any atom is -0.325 e. The van der Waals surface area contributed by atoms with E-state index in [1.807, 2.05) is 0 Å². The molecule has 1 fully saturated rings. The number of amides is 2. The number of carbonyl (C=O) groups is 2. The molecule has 9 heteroatoms. The summed E-state index contributed by atoms with van der Waals surface area (Å²) in [5, 5.41) is 8.06. The molecule has 1 aliphatic heterocycles. The Morgan fingerprint density at radius 2 is 2.18 bits per heavy atom. The number of carbonyl (C=O) groups excluding carboxylic acids is 2. The number of halogens is 1. The number of nitrogens with zero attached hydrogens (tertiary/aromatic N) is 1. The summed E-state index contributed by atoms with van der Waals surface area (Å²) in [6.07, 6.45) is 0.0858. The fraction of sp³-hybridized carbons (Fsp3) is 0.385. The van der Waals surface area contributed by atoms with Crippen LogP contribution in [0.15, 0.2) is 18.2 Å². The topological polar surface area (TPSA) is 110 Å². The summed E-state index contributed by atoms with van der Waals surface area (Å²) in [5.41, 5.74) is 0.895. The number of hydrogen-bond acceptors (Lipinski definition) is 4. The highest BCUT2D eigenvalue weighted by molar-refractivity contribution is 7.89. The van der Waals surface area contributed by atoms with Crippen molar-refractivity contribution in [1.82, 2.24) is 0 Å². The quantitative estimate of drug-likeness (QED) is 0.846. The molecule has 0 aliphatic carbocycles. The van der Waals surface area contributed by atoms with Gasteiger partial charge in [0, 0.05) is 30.8 Å². The van der Waals surface area contributed by atoms with Gasteiger partial charge in [0.15, 0.2) is 0 Å². The van der Waals surface area contributed by atoms with E-state index < -0.39 is 10.0 Å². The minimum atomic E-state index is -3.65. The molecule has 2 rings (SSSR count). The molecule has 1 unspecified atom stereocenters. The van der Waals surface area contributed by atoms with Crippen LogP contribution in [0, 0.1) is 5.92 Å². The van der Waals surface area contributed by atoms with Gasteiger partial charge in [-0.2, -0.15) is 0 Å². The first kappa shape index (κ1) is 16.7. The Bertz CT molecular complexity index is 720. The molecule has 0 spiro atoms. The Morgan fingerprint density at radius 1 is 1.50 bits per heavy atom. The third kappa shape index (κ3) is 4.19. The molecule has 1 aliphatic rings. The van der Waals surface area contributed by atoms with E-state index >= 15 is 0 Å². The molecule has 0 bridgehead atoms. The lowest BCUT2D eigenvalue weighted by atomic mass is 10.1. The van der Waals surface area contributed by atoms with E-state index in [0.717, 1.165) is 0 Å². The molecule has 3 N–H and O–H groups in total. The molecule has 1 heterocycles. The first-order valence-corrected chi connectivity index (χ1v) is 8.63. The minimum absolute atomic E-state index is 0.0858. The van der Waals surface area contributed by atoms with Gasteiger partial charge in [0.25, 0.3) is 0 Å². The summed E-state index contributed by atoms with van der Waals surface area (Å²) in [7, 11) is -3.65. The van der Waals surface area contributed by atoms with Crippen molar-refractivity contribution in [3.63, 3.8) is 0 Å². The highest BCUT2D eigenvalue weighted by Crippen LogP contribution is 2.34. The standard InChI is InChI=1S/C13H16ClN3O4S/c1-8(18)16-11-3-2-10(14)5-12(11)17-6-9(4-13(17)19)7-22(15,20)21/h2-3,5,9H,4,6-7H2,1H3,(H,16,18)(H2,15,20,21). The third-order valence-corrected chi connectivity index (χ3v) is 4.41. The van der Waals surface area contributed by atoms with E-state index in [2.05, 4.69) is 5.32 Å². The highest BCUT2D eigenvalue weighted by Gasteiger charge is 2.34. The summed E-state index contributed by atoms with van der Waals surface area (Å²) < 4.78 is 22.3. The second-order valence-corrected chi connectivity index (χ2v) is 7.34. The molecule has 22 heavy (non-hydrogen) atoms. The fourth-order valence-electron chi connectivity index (χ4n) is 2.48. The van der Waals surface area contributed by atoms with Crippen LogP contribution in [0.3, 0.4) is 0 Å².